The first-order chi connectivity index (χ1) is 8.54. The van der Waals surface area contributed by atoms with Crippen molar-refractivity contribution in [3.63, 3.8) is 0 Å². The molecule has 1 saturated carbocycles. The van der Waals surface area contributed by atoms with Crippen LogP contribution in [0.3, 0.4) is 0 Å². The molecule has 0 spiro atoms. The Balaban J connectivity index is 2.21. The molecular formula is C15H25N3. The Morgan fingerprint density at radius 3 is 2.28 bits per heavy atom. The molecule has 2 rings (SSSR count). The molecule has 0 bridgehead atoms. The van der Waals surface area contributed by atoms with E-state index in [0.29, 0.717) is 11.8 Å². The van der Waals surface area contributed by atoms with Gasteiger partial charge in [0.1, 0.15) is 5.82 Å². The molecule has 100 valence electrons. The highest BCUT2D eigenvalue weighted by atomic mass is 14.9. The van der Waals surface area contributed by atoms with E-state index in [4.69, 9.17) is 9.97 Å². The van der Waals surface area contributed by atoms with Crippen molar-refractivity contribution >= 4 is 0 Å². The lowest BCUT2D eigenvalue weighted by Gasteiger charge is -2.17. The van der Waals surface area contributed by atoms with Crippen molar-refractivity contribution in [3.05, 3.63) is 22.8 Å². The van der Waals surface area contributed by atoms with E-state index in [-0.39, 0.29) is 0 Å². The van der Waals surface area contributed by atoms with Crippen molar-refractivity contribution in [1.82, 2.24) is 15.3 Å². The van der Waals surface area contributed by atoms with Gasteiger partial charge in [-0.3, -0.25) is 0 Å². The lowest BCUT2D eigenvalue weighted by molar-refractivity contribution is 0.621. The first-order valence-electron chi connectivity index (χ1n) is 7.10. The summed E-state index contributed by atoms with van der Waals surface area (Å²) in [7, 11) is 0. The quantitative estimate of drug-likeness (QED) is 0.869. The summed E-state index contributed by atoms with van der Waals surface area (Å²) in [4.78, 5) is 9.47. The molecule has 3 nitrogen and oxygen atoms in total. The van der Waals surface area contributed by atoms with Crippen LogP contribution in [0, 0.1) is 19.8 Å². The zero-order chi connectivity index (χ0) is 13.3. The van der Waals surface area contributed by atoms with Crippen molar-refractivity contribution in [2.75, 3.05) is 13.1 Å². The Bertz CT molecular complexity index is 405. The first kappa shape index (κ1) is 13.5. The molecule has 1 fully saturated rings. The summed E-state index contributed by atoms with van der Waals surface area (Å²) in [6.07, 6.45) is 1.26. The highest BCUT2D eigenvalue weighted by Gasteiger charge is 2.37. The monoisotopic (exact) mass is 247 g/mol. The van der Waals surface area contributed by atoms with E-state index in [9.17, 15) is 0 Å². The zero-order valence-electron chi connectivity index (χ0n) is 12.2. The van der Waals surface area contributed by atoms with Crippen LogP contribution < -0.4 is 5.32 Å². The van der Waals surface area contributed by atoms with Gasteiger partial charge in [0.15, 0.2) is 0 Å². The summed E-state index contributed by atoms with van der Waals surface area (Å²) in [5.41, 5.74) is 3.66. The fraction of sp³-hybridized carbons (Fsp3) is 0.733. The molecule has 1 heterocycles. The van der Waals surface area contributed by atoms with E-state index >= 15 is 0 Å². The van der Waals surface area contributed by atoms with Crippen LogP contribution in [-0.4, -0.2) is 23.1 Å². The number of aryl methyl sites for hydroxylation is 2. The molecule has 0 aliphatic heterocycles. The molecule has 3 atom stereocenters. The minimum Gasteiger partial charge on any atom is -0.316 e. The highest BCUT2D eigenvalue weighted by molar-refractivity contribution is 5.30. The topological polar surface area (TPSA) is 37.8 Å². The number of aromatic nitrogens is 2. The van der Waals surface area contributed by atoms with Crippen LogP contribution in [0.4, 0.5) is 0 Å². The van der Waals surface area contributed by atoms with Gasteiger partial charge >= 0.3 is 0 Å². The number of hydrogen-bond donors (Lipinski definition) is 1. The van der Waals surface area contributed by atoms with Crippen LogP contribution in [0.25, 0.3) is 0 Å². The summed E-state index contributed by atoms with van der Waals surface area (Å²) in [6.45, 7) is 12.9. The average Bonchev–Trinajstić information content (AvgIpc) is 3.02. The molecule has 1 aromatic rings. The van der Waals surface area contributed by atoms with E-state index in [1.807, 2.05) is 0 Å². The molecule has 18 heavy (non-hydrogen) atoms. The van der Waals surface area contributed by atoms with Gasteiger partial charge in [0.2, 0.25) is 0 Å². The normalized spacial score (nSPS) is 24.1. The minimum absolute atomic E-state index is 0.482. The molecule has 1 aliphatic carbocycles. The molecule has 0 amide bonds. The number of nitrogens with zero attached hydrogens (tertiary/aromatic N) is 2. The second kappa shape index (κ2) is 5.35. The maximum atomic E-state index is 4.74. The third-order valence-corrected chi connectivity index (χ3v) is 3.98. The summed E-state index contributed by atoms with van der Waals surface area (Å²) in [5.74, 6) is 2.93. The fourth-order valence-electron chi connectivity index (χ4n) is 2.77. The van der Waals surface area contributed by atoms with Gasteiger partial charge in [0, 0.05) is 23.9 Å². The summed E-state index contributed by atoms with van der Waals surface area (Å²) < 4.78 is 0. The van der Waals surface area contributed by atoms with Crippen molar-refractivity contribution in [2.24, 2.45) is 5.92 Å². The summed E-state index contributed by atoms with van der Waals surface area (Å²) in [5, 5.41) is 3.40. The molecule has 0 saturated heterocycles. The fourth-order valence-corrected chi connectivity index (χ4v) is 2.77. The van der Waals surface area contributed by atoms with E-state index < -0.39 is 0 Å². The third-order valence-electron chi connectivity index (χ3n) is 3.98. The minimum atomic E-state index is 0.482. The molecule has 1 aliphatic rings. The first-order valence-corrected chi connectivity index (χ1v) is 7.10. The van der Waals surface area contributed by atoms with Crippen LogP contribution >= 0.6 is 0 Å². The van der Waals surface area contributed by atoms with E-state index in [0.717, 1.165) is 24.8 Å². The largest absolute Gasteiger partial charge is 0.316 e. The SMILES string of the molecule is CCNCC(C)c1c(C)nc(C2CC2C)nc1C. The molecular weight excluding hydrogens is 222 g/mol. The Kier molecular flexibility index (Phi) is 4.00. The Labute approximate surface area is 110 Å². The average molecular weight is 247 g/mol. The predicted octanol–water partition coefficient (Wildman–Crippen LogP) is 2.93. The number of rotatable bonds is 5. The number of likely N-dealkylation sites (N-methyl/N-ethyl adjacent to an activating group) is 1. The van der Waals surface area contributed by atoms with Crippen molar-refractivity contribution < 1.29 is 0 Å². The summed E-state index contributed by atoms with van der Waals surface area (Å²) in [6, 6.07) is 0. The second-order valence-corrected chi connectivity index (χ2v) is 5.69. The predicted molar refractivity (Wildman–Crippen MR) is 75.0 cm³/mol. The zero-order valence-corrected chi connectivity index (χ0v) is 12.2. The van der Waals surface area contributed by atoms with Gasteiger partial charge in [-0.25, -0.2) is 9.97 Å². The van der Waals surface area contributed by atoms with Gasteiger partial charge in [0.05, 0.1) is 0 Å². The summed E-state index contributed by atoms with van der Waals surface area (Å²) >= 11 is 0. The number of nitrogens with one attached hydrogen (secondary N) is 1. The van der Waals surface area contributed by atoms with Crippen molar-refractivity contribution in [3.8, 4) is 0 Å². The molecule has 0 aromatic carbocycles. The van der Waals surface area contributed by atoms with Gasteiger partial charge in [-0.1, -0.05) is 20.8 Å². The lowest BCUT2D eigenvalue weighted by Crippen LogP contribution is -2.21. The van der Waals surface area contributed by atoms with Crippen molar-refractivity contribution in [1.29, 1.82) is 0 Å². The Hall–Kier alpha value is -0.960. The highest BCUT2D eigenvalue weighted by Crippen LogP contribution is 2.45. The standard InChI is InChI=1S/C15H25N3/c1-6-16-8-10(3)14-11(4)17-15(18-12(14)5)13-7-9(13)2/h9-10,13,16H,6-8H2,1-5H3. The maximum Gasteiger partial charge on any atom is 0.132 e. The van der Waals surface area contributed by atoms with Gasteiger partial charge in [-0.2, -0.15) is 0 Å². The molecule has 3 unspecified atom stereocenters. The van der Waals surface area contributed by atoms with Crippen molar-refractivity contribution in [2.45, 2.75) is 52.9 Å². The van der Waals surface area contributed by atoms with Gasteiger partial charge in [-0.05, 0) is 44.2 Å². The molecule has 1 aromatic heterocycles. The van der Waals surface area contributed by atoms with E-state index in [1.54, 1.807) is 0 Å². The van der Waals surface area contributed by atoms with Crippen LogP contribution in [0.15, 0.2) is 0 Å². The third kappa shape index (κ3) is 2.72. The van der Waals surface area contributed by atoms with Gasteiger partial charge < -0.3 is 5.32 Å². The van der Waals surface area contributed by atoms with Gasteiger partial charge in [0.25, 0.3) is 0 Å². The molecule has 1 N–H and O–H groups in total. The number of hydrogen-bond acceptors (Lipinski definition) is 3. The maximum absolute atomic E-state index is 4.74. The van der Waals surface area contributed by atoms with E-state index in [1.165, 1.54) is 23.4 Å². The lowest BCUT2D eigenvalue weighted by atomic mass is 9.98. The van der Waals surface area contributed by atoms with Crippen LogP contribution in [0.1, 0.15) is 61.8 Å². The van der Waals surface area contributed by atoms with Crippen LogP contribution in [-0.2, 0) is 0 Å². The molecule has 3 heteroatoms. The van der Waals surface area contributed by atoms with Crippen LogP contribution in [0.5, 0.6) is 0 Å². The smallest absolute Gasteiger partial charge is 0.132 e. The van der Waals surface area contributed by atoms with Gasteiger partial charge in [-0.15, -0.1) is 0 Å². The Morgan fingerprint density at radius 2 is 1.83 bits per heavy atom. The van der Waals surface area contributed by atoms with E-state index in [2.05, 4.69) is 39.9 Å². The second-order valence-electron chi connectivity index (χ2n) is 5.69. The molecule has 0 radical (unpaired) electrons. The van der Waals surface area contributed by atoms with Crippen LogP contribution in [0.2, 0.25) is 0 Å². The Morgan fingerprint density at radius 1 is 1.28 bits per heavy atom.